The Morgan fingerprint density at radius 1 is 1.22 bits per heavy atom. The van der Waals surface area contributed by atoms with E-state index < -0.39 is 39.5 Å². The lowest BCUT2D eigenvalue weighted by Gasteiger charge is -2.52. The van der Waals surface area contributed by atoms with Crippen molar-refractivity contribution in [2.75, 3.05) is 13.7 Å². The first kappa shape index (κ1) is 20.2. The monoisotopic (exact) mass is 474 g/mol. The molecule has 0 spiro atoms. The Hall–Kier alpha value is -1.58. The number of alkyl halides is 1. The molecule has 0 saturated carbocycles. The molecule has 144 valence electrons. The van der Waals surface area contributed by atoms with E-state index in [0.717, 1.165) is 20.0 Å². The Balaban J connectivity index is 1.90. The van der Waals surface area contributed by atoms with Gasteiger partial charge in [0.05, 0.1) is 29.5 Å². The van der Waals surface area contributed by atoms with Crippen LogP contribution in [0.2, 0.25) is 0 Å². The summed E-state index contributed by atoms with van der Waals surface area (Å²) in [5.74, 6) is -2.43. The van der Waals surface area contributed by atoms with E-state index in [2.05, 4.69) is 14.8 Å². The maximum absolute atomic E-state index is 12.9. The third-order valence-electron chi connectivity index (χ3n) is 4.86. The van der Waals surface area contributed by atoms with Crippen molar-refractivity contribution >= 4 is 60.3 Å². The van der Waals surface area contributed by atoms with Gasteiger partial charge in [0.25, 0.3) is 11.8 Å². The van der Waals surface area contributed by atoms with Crippen molar-refractivity contribution in [1.29, 1.82) is 0 Å². The molecule has 7 nitrogen and oxygen atoms in total. The third-order valence-corrected chi connectivity index (χ3v) is 8.91. The number of hydrogen-bond donors (Lipinski definition) is 0. The van der Waals surface area contributed by atoms with Crippen molar-refractivity contribution in [2.45, 2.75) is 29.6 Å². The van der Waals surface area contributed by atoms with Gasteiger partial charge in [0.15, 0.2) is 0 Å². The number of hydrogen-bond acceptors (Lipinski definition) is 6. The minimum atomic E-state index is -1.80. The van der Waals surface area contributed by atoms with Crippen molar-refractivity contribution in [3.8, 4) is 0 Å². The molecule has 1 aromatic rings. The maximum atomic E-state index is 12.9. The topological polar surface area (TPSA) is 84.0 Å². The maximum Gasteiger partial charge on any atom is 0.349 e. The van der Waals surface area contributed by atoms with Crippen LogP contribution in [-0.4, -0.2) is 62.9 Å². The van der Waals surface area contributed by atoms with Gasteiger partial charge in [-0.3, -0.25) is 19.3 Å². The first-order valence-electron chi connectivity index (χ1n) is 7.97. The Labute approximate surface area is 172 Å². The number of fused-ring (bicyclic) bond motifs is 1. The van der Waals surface area contributed by atoms with E-state index >= 15 is 0 Å². The van der Waals surface area contributed by atoms with Crippen LogP contribution in [0, 0.1) is 0 Å². The Morgan fingerprint density at radius 2 is 1.74 bits per heavy atom. The first-order valence-corrected chi connectivity index (χ1v) is 11.0. The van der Waals surface area contributed by atoms with E-state index in [1.807, 2.05) is 0 Å². The summed E-state index contributed by atoms with van der Waals surface area (Å²) in [6.45, 7) is 3.30. The summed E-state index contributed by atoms with van der Waals surface area (Å²) in [5, 5.41) is 0. The molecule has 0 bridgehead atoms. The van der Waals surface area contributed by atoms with Crippen LogP contribution < -0.4 is 0 Å². The molecule has 0 N–H and O–H groups in total. The lowest BCUT2D eigenvalue weighted by Crippen LogP contribution is -2.75. The first-order chi connectivity index (χ1) is 12.6. The van der Waals surface area contributed by atoms with Crippen molar-refractivity contribution < 1.29 is 23.9 Å². The van der Waals surface area contributed by atoms with E-state index in [1.165, 1.54) is 7.11 Å². The van der Waals surface area contributed by atoms with Crippen LogP contribution in [0.5, 0.6) is 0 Å². The molecular formula is C17H16BrClN2O5S. The quantitative estimate of drug-likeness (QED) is 0.214. The zero-order valence-electron chi connectivity index (χ0n) is 14.7. The molecule has 1 aromatic carbocycles. The summed E-state index contributed by atoms with van der Waals surface area (Å²) in [6, 6.07) is 5.39. The number of rotatable bonds is 5. The molecule has 10 heteroatoms. The Bertz CT molecular complexity index is 828. The number of imide groups is 1. The smallest absolute Gasteiger partial charge is 0.349 e. The van der Waals surface area contributed by atoms with Gasteiger partial charge < -0.3 is 9.64 Å². The van der Waals surface area contributed by atoms with E-state index in [0.29, 0.717) is 0 Å². The molecule has 1 saturated heterocycles. The van der Waals surface area contributed by atoms with Gasteiger partial charge >= 0.3 is 5.97 Å². The number of amides is 3. The second kappa shape index (κ2) is 6.79. The van der Waals surface area contributed by atoms with Gasteiger partial charge in [0, 0.05) is 0 Å². The summed E-state index contributed by atoms with van der Waals surface area (Å²) in [7, 11) is 2.30. The molecular weight excluding hydrogens is 460 g/mol. The van der Waals surface area contributed by atoms with E-state index in [4.69, 9.17) is 16.3 Å². The molecule has 0 aromatic heterocycles. The van der Waals surface area contributed by atoms with Gasteiger partial charge in [-0.15, -0.1) is 0 Å². The standard InChI is InChI=1S/C17H16BrClN2O5S/c1-16(2,27-18)17(19,15(25)26-3)20-8-11(14(20)24)21-12(22)9-6-4-5-7-10(9)13(21)23/h4-7,11H,8H2,1-3H3. The third kappa shape index (κ3) is 2.70. The highest BCUT2D eigenvalue weighted by Crippen LogP contribution is 2.49. The number of ether oxygens (including phenoxy) is 1. The molecule has 3 amide bonds. The number of halogens is 2. The Morgan fingerprint density at radius 3 is 2.15 bits per heavy atom. The molecule has 0 radical (unpaired) electrons. The minimum Gasteiger partial charge on any atom is -0.466 e. The predicted molar refractivity (Wildman–Crippen MR) is 104 cm³/mol. The molecule has 0 aliphatic carbocycles. The predicted octanol–water partition coefficient (Wildman–Crippen LogP) is 2.42. The van der Waals surface area contributed by atoms with Gasteiger partial charge in [0.1, 0.15) is 6.04 Å². The highest BCUT2D eigenvalue weighted by Gasteiger charge is 2.64. The number of benzene rings is 1. The van der Waals surface area contributed by atoms with E-state index in [1.54, 1.807) is 38.1 Å². The SMILES string of the molecule is COC(=O)C(Cl)(N1CC(N2C(=O)c3ccccc3C2=O)C1=O)C(C)(C)SBr. The molecule has 27 heavy (non-hydrogen) atoms. The normalized spacial score (nSPS) is 21.7. The molecule has 1 fully saturated rings. The lowest BCUT2D eigenvalue weighted by atomic mass is 9.93. The van der Waals surface area contributed by atoms with Crippen LogP contribution in [0.1, 0.15) is 34.6 Å². The second-order valence-corrected chi connectivity index (χ2v) is 9.38. The number of esters is 1. The van der Waals surface area contributed by atoms with Crippen molar-refractivity contribution in [3.05, 3.63) is 35.4 Å². The number of carbonyl (C=O) groups excluding carboxylic acids is 4. The van der Waals surface area contributed by atoms with Gasteiger partial charge in [-0.2, -0.15) is 0 Å². The zero-order valence-corrected chi connectivity index (χ0v) is 17.9. The Kier molecular flexibility index (Phi) is 5.07. The zero-order chi connectivity index (χ0) is 20.1. The van der Waals surface area contributed by atoms with Gasteiger partial charge in [-0.05, 0) is 40.8 Å². The van der Waals surface area contributed by atoms with E-state index in [9.17, 15) is 19.2 Å². The van der Waals surface area contributed by atoms with Crippen LogP contribution >= 0.6 is 36.6 Å². The largest absolute Gasteiger partial charge is 0.466 e. The fraction of sp³-hybridized carbons (Fsp3) is 0.412. The van der Waals surface area contributed by atoms with Crippen LogP contribution in [0.3, 0.4) is 0 Å². The van der Waals surface area contributed by atoms with Gasteiger partial charge in [0.2, 0.25) is 10.9 Å². The summed E-state index contributed by atoms with van der Waals surface area (Å²) < 4.78 is 3.86. The highest BCUT2D eigenvalue weighted by atomic mass is 79.9. The fourth-order valence-corrected chi connectivity index (χ4v) is 4.86. The van der Waals surface area contributed by atoms with Gasteiger partial charge in [-0.1, -0.05) is 33.9 Å². The van der Waals surface area contributed by atoms with Crippen molar-refractivity contribution in [2.24, 2.45) is 0 Å². The van der Waals surface area contributed by atoms with Crippen molar-refractivity contribution in [1.82, 2.24) is 9.80 Å². The molecule has 2 aliphatic heterocycles. The highest BCUT2D eigenvalue weighted by molar-refractivity contribution is 9.50. The van der Waals surface area contributed by atoms with E-state index in [-0.39, 0.29) is 17.7 Å². The van der Waals surface area contributed by atoms with Crippen molar-refractivity contribution in [3.63, 3.8) is 0 Å². The number of carbonyl (C=O) groups is 4. The summed E-state index contributed by atoms with van der Waals surface area (Å²) >= 11 is 9.84. The summed E-state index contributed by atoms with van der Waals surface area (Å²) in [6.07, 6.45) is 0. The number of β-lactam (4-membered cyclic amide) rings is 1. The summed E-state index contributed by atoms with van der Waals surface area (Å²) in [4.78, 5) is 50.8. The fourth-order valence-electron chi connectivity index (χ4n) is 3.24. The molecule has 3 rings (SSSR count). The molecule has 2 aliphatic rings. The average molecular weight is 476 g/mol. The number of nitrogens with zero attached hydrogens (tertiary/aromatic N) is 2. The van der Waals surface area contributed by atoms with Crippen LogP contribution in [-0.2, 0) is 14.3 Å². The number of likely N-dealkylation sites (tertiary alicyclic amines) is 1. The molecule has 2 atom stereocenters. The average Bonchev–Trinajstić information content (AvgIpc) is 2.91. The molecule has 2 heterocycles. The minimum absolute atomic E-state index is 0.0557. The van der Waals surface area contributed by atoms with Crippen LogP contribution in [0.25, 0.3) is 0 Å². The lowest BCUT2D eigenvalue weighted by molar-refractivity contribution is -0.168. The van der Waals surface area contributed by atoms with Gasteiger partial charge in [-0.25, -0.2) is 4.79 Å². The summed E-state index contributed by atoms with van der Waals surface area (Å²) in [5.41, 5.74) is 0.519. The molecule has 2 unspecified atom stereocenters. The van der Waals surface area contributed by atoms with Crippen LogP contribution in [0.15, 0.2) is 24.3 Å². The number of methoxy groups -OCH3 is 1. The van der Waals surface area contributed by atoms with Crippen LogP contribution in [0.4, 0.5) is 0 Å². The second-order valence-electron chi connectivity index (χ2n) is 6.69.